The van der Waals surface area contributed by atoms with E-state index in [9.17, 15) is 4.79 Å². The number of fused-ring (bicyclic) bond motifs is 1. The molecule has 4 nitrogen and oxygen atoms in total. The third-order valence-electron chi connectivity index (χ3n) is 4.78. The van der Waals surface area contributed by atoms with Crippen LogP contribution in [0.1, 0.15) is 21.5 Å². The molecule has 0 unspecified atom stereocenters. The van der Waals surface area contributed by atoms with E-state index >= 15 is 0 Å². The zero-order valence-corrected chi connectivity index (χ0v) is 17.4. The number of hydrogen-bond donors (Lipinski definition) is 0. The molecule has 0 atom stereocenters. The zero-order valence-electron chi connectivity index (χ0n) is 16.5. The molecule has 0 bridgehead atoms. The first-order valence-electron chi connectivity index (χ1n) is 9.51. The summed E-state index contributed by atoms with van der Waals surface area (Å²) in [6.45, 7) is 0.308. The smallest absolute Gasteiger partial charge is 0.279 e. The van der Waals surface area contributed by atoms with Gasteiger partial charge in [-0.2, -0.15) is 4.99 Å². The average molecular weight is 413 g/mol. The van der Waals surface area contributed by atoms with Gasteiger partial charge in [-0.3, -0.25) is 4.79 Å². The van der Waals surface area contributed by atoms with Gasteiger partial charge in [-0.15, -0.1) is 6.42 Å². The monoisotopic (exact) mass is 412 g/mol. The molecule has 1 aromatic heterocycles. The Morgan fingerprint density at radius 3 is 2.47 bits per heavy atom. The van der Waals surface area contributed by atoms with Gasteiger partial charge in [0.25, 0.3) is 5.91 Å². The number of carbonyl (C=O) groups is 1. The van der Waals surface area contributed by atoms with Crippen molar-refractivity contribution in [3.8, 4) is 18.1 Å². The van der Waals surface area contributed by atoms with E-state index in [0.29, 0.717) is 22.7 Å². The van der Waals surface area contributed by atoms with Crippen LogP contribution in [0, 0.1) is 12.3 Å². The predicted octanol–water partition coefficient (Wildman–Crippen LogP) is 4.68. The van der Waals surface area contributed by atoms with Crippen LogP contribution in [0.3, 0.4) is 0 Å². The number of terminal acetylenes is 1. The second kappa shape index (κ2) is 8.81. The number of ether oxygens (including phenoxy) is 1. The fraction of sp³-hybridized carbons (Fsp3) is 0.120. The number of nitrogens with zero attached hydrogens (tertiary/aromatic N) is 2. The van der Waals surface area contributed by atoms with Crippen LogP contribution in [0.4, 0.5) is 0 Å². The van der Waals surface area contributed by atoms with Crippen LogP contribution in [0.25, 0.3) is 10.2 Å². The number of amides is 1. The molecule has 5 heteroatoms. The minimum atomic E-state index is -0.294. The summed E-state index contributed by atoms with van der Waals surface area (Å²) >= 11 is 1.42. The molecule has 0 saturated heterocycles. The van der Waals surface area contributed by atoms with Crippen molar-refractivity contribution in [2.45, 2.75) is 13.0 Å². The number of carbonyl (C=O) groups excluding carboxylic acids is 1. The Kier molecular flexibility index (Phi) is 5.78. The van der Waals surface area contributed by atoms with Gasteiger partial charge in [0.05, 0.1) is 18.4 Å². The topological polar surface area (TPSA) is 43.6 Å². The number of methoxy groups -OCH3 is 1. The van der Waals surface area contributed by atoms with Gasteiger partial charge in [0, 0.05) is 5.56 Å². The molecule has 0 saturated carbocycles. The van der Waals surface area contributed by atoms with Crippen LogP contribution >= 0.6 is 11.3 Å². The maximum absolute atomic E-state index is 12.8. The van der Waals surface area contributed by atoms with E-state index in [1.54, 1.807) is 7.11 Å². The molecule has 1 amide bonds. The molecule has 0 N–H and O–H groups in total. The summed E-state index contributed by atoms with van der Waals surface area (Å²) in [4.78, 5) is 17.7. The largest absolute Gasteiger partial charge is 0.495 e. The molecule has 30 heavy (non-hydrogen) atoms. The van der Waals surface area contributed by atoms with Gasteiger partial charge in [0.15, 0.2) is 4.80 Å². The van der Waals surface area contributed by atoms with Crippen molar-refractivity contribution in [1.82, 2.24) is 4.57 Å². The molecule has 0 aliphatic rings. The van der Waals surface area contributed by atoms with Crippen LogP contribution in [0.5, 0.6) is 5.75 Å². The van der Waals surface area contributed by atoms with Crippen molar-refractivity contribution in [1.29, 1.82) is 0 Å². The number of thiazole rings is 1. The standard InChI is InChI=1S/C25H20N2O2S/c1-3-16-27-23-21(29-2)10-7-11-22(23)30-25(27)26-24(28)20-14-12-19(13-15-20)17-18-8-5-4-6-9-18/h1,4-15H,16-17H2,2H3. The zero-order chi connectivity index (χ0) is 20.9. The second-order valence-electron chi connectivity index (χ2n) is 6.76. The highest BCUT2D eigenvalue weighted by atomic mass is 32.1. The summed E-state index contributed by atoms with van der Waals surface area (Å²) in [7, 11) is 1.62. The first-order chi connectivity index (χ1) is 14.7. The molecular weight excluding hydrogens is 392 g/mol. The van der Waals surface area contributed by atoms with Crippen LogP contribution in [0.2, 0.25) is 0 Å². The van der Waals surface area contributed by atoms with E-state index in [1.807, 2.05) is 65.2 Å². The van der Waals surface area contributed by atoms with Crippen molar-refractivity contribution < 1.29 is 9.53 Å². The minimum absolute atomic E-state index is 0.294. The Morgan fingerprint density at radius 1 is 1.03 bits per heavy atom. The van der Waals surface area contributed by atoms with E-state index in [-0.39, 0.29) is 5.91 Å². The molecule has 0 aliphatic carbocycles. The molecule has 1 heterocycles. The predicted molar refractivity (Wildman–Crippen MR) is 121 cm³/mol. The lowest BCUT2D eigenvalue weighted by Crippen LogP contribution is -2.16. The van der Waals surface area contributed by atoms with Crippen LogP contribution in [0.15, 0.2) is 77.8 Å². The van der Waals surface area contributed by atoms with E-state index in [4.69, 9.17) is 11.2 Å². The quantitative estimate of drug-likeness (QED) is 0.447. The maximum atomic E-state index is 12.8. The maximum Gasteiger partial charge on any atom is 0.279 e. The molecule has 0 spiro atoms. The summed E-state index contributed by atoms with van der Waals surface area (Å²) in [5.74, 6) is 3.05. The Balaban J connectivity index is 1.66. The van der Waals surface area contributed by atoms with Crippen LogP contribution < -0.4 is 9.54 Å². The van der Waals surface area contributed by atoms with Gasteiger partial charge in [-0.05, 0) is 41.8 Å². The molecular formula is C25H20N2O2S. The lowest BCUT2D eigenvalue weighted by Gasteiger charge is -2.05. The van der Waals surface area contributed by atoms with Gasteiger partial charge in [-0.1, -0.05) is 65.8 Å². The van der Waals surface area contributed by atoms with E-state index in [0.717, 1.165) is 22.2 Å². The molecule has 3 aromatic carbocycles. The highest BCUT2D eigenvalue weighted by Crippen LogP contribution is 2.27. The fourth-order valence-corrected chi connectivity index (χ4v) is 4.38. The van der Waals surface area contributed by atoms with Crippen molar-refractivity contribution >= 4 is 27.5 Å². The molecule has 148 valence electrons. The lowest BCUT2D eigenvalue weighted by atomic mass is 10.0. The van der Waals surface area contributed by atoms with Crippen LogP contribution in [-0.2, 0) is 13.0 Å². The number of benzene rings is 3. The summed E-state index contributed by atoms with van der Waals surface area (Å²) < 4.78 is 8.28. The third-order valence-corrected chi connectivity index (χ3v) is 5.83. The third kappa shape index (κ3) is 4.05. The van der Waals surface area contributed by atoms with E-state index < -0.39 is 0 Å². The fourth-order valence-electron chi connectivity index (χ4n) is 3.33. The summed E-state index contributed by atoms with van der Waals surface area (Å²) in [6.07, 6.45) is 6.38. The number of hydrogen-bond acceptors (Lipinski definition) is 3. The normalized spacial score (nSPS) is 11.4. The Morgan fingerprint density at radius 2 is 1.77 bits per heavy atom. The highest BCUT2D eigenvalue weighted by Gasteiger charge is 2.12. The summed E-state index contributed by atoms with van der Waals surface area (Å²) in [5.41, 5.74) is 3.78. The molecule has 0 fully saturated rings. The highest BCUT2D eigenvalue weighted by molar-refractivity contribution is 7.16. The molecule has 0 aliphatic heterocycles. The second-order valence-corrected chi connectivity index (χ2v) is 7.77. The summed E-state index contributed by atoms with van der Waals surface area (Å²) in [5, 5.41) is 0. The number of aromatic nitrogens is 1. The van der Waals surface area contributed by atoms with Gasteiger partial charge in [-0.25, -0.2) is 0 Å². The van der Waals surface area contributed by atoms with Crippen molar-refractivity contribution in [3.63, 3.8) is 0 Å². The Labute approximate surface area is 179 Å². The Hall–Kier alpha value is -3.62. The van der Waals surface area contributed by atoms with Gasteiger partial charge < -0.3 is 9.30 Å². The van der Waals surface area contributed by atoms with Gasteiger partial charge in [0.1, 0.15) is 11.3 Å². The lowest BCUT2D eigenvalue weighted by molar-refractivity contribution is 0.0998. The number of rotatable bonds is 5. The van der Waals surface area contributed by atoms with Crippen molar-refractivity contribution in [3.05, 3.63) is 94.3 Å². The van der Waals surface area contributed by atoms with Gasteiger partial charge in [0.2, 0.25) is 0 Å². The molecule has 4 rings (SSSR count). The Bertz CT molecular complexity index is 1290. The average Bonchev–Trinajstić information content (AvgIpc) is 3.12. The van der Waals surface area contributed by atoms with E-state index in [2.05, 4.69) is 23.0 Å². The first-order valence-corrected chi connectivity index (χ1v) is 10.3. The first kappa shape index (κ1) is 19.7. The number of para-hydroxylation sites is 1. The SMILES string of the molecule is C#CCn1c(=NC(=O)c2ccc(Cc3ccccc3)cc2)sc2cccc(OC)c21. The van der Waals surface area contributed by atoms with Gasteiger partial charge >= 0.3 is 0 Å². The van der Waals surface area contributed by atoms with Crippen molar-refractivity contribution in [2.75, 3.05) is 7.11 Å². The summed E-state index contributed by atoms with van der Waals surface area (Å²) in [6, 6.07) is 23.6. The molecule has 4 aromatic rings. The minimum Gasteiger partial charge on any atom is -0.495 e. The van der Waals surface area contributed by atoms with Crippen LogP contribution in [-0.4, -0.2) is 17.6 Å². The van der Waals surface area contributed by atoms with E-state index in [1.165, 1.54) is 16.9 Å². The van der Waals surface area contributed by atoms with Crippen molar-refractivity contribution in [2.24, 2.45) is 4.99 Å². The molecule has 0 radical (unpaired) electrons.